The molecule has 4 nitrogen and oxygen atoms in total. The van der Waals surface area contributed by atoms with E-state index in [2.05, 4.69) is 55.3 Å². The van der Waals surface area contributed by atoms with E-state index in [9.17, 15) is 0 Å². The van der Waals surface area contributed by atoms with Crippen molar-refractivity contribution >= 4 is 17.2 Å². The molecule has 0 amide bonds. The highest BCUT2D eigenvalue weighted by molar-refractivity contribution is 7.10. The van der Waals surface area contributed by atoms with Gasteiger partial charge in [-0.2, -0.15) is 0 Å². The molecule has 2 heterocycles. The molecule has 2 rings (SSSR count). The highest BCUT2D eigenvalue weighted by Crippen LogP contribution is 2.29. The van der Waals surface area contributed by atoms with E-state index in [1.165, 1.54) is 5.56 Å². The van der Waals surface area contributed by atoms with E-state index >= 15 is 0 Å². The number of nitrogens with one attached hydrogen (secondary N) is 1. The second kappa shape index (κ2) is 6.10. The van der Waals surface area contributed by atoms with Crippen LogP contribution < -0.4 is 5.32 Å². The summed E-state index contributed by atoms with van der Waals surface area (Å²) in [5, 5.41) is 6.51. The summed E-state index contributed by atoms with van der Waals surface area (Å²) >= 11 is 1.67. The Bertz CT molecular complexity index is 626. The number of nitrogens with zero attached hydrogens (tertiary/aromatic N) is 3. The normalized spacial score (nSPS) is 11.7. The molecule has 0 aromatic carbocycles. The molecule has 0 aliphatic heterocycles. The van der Waals surface area contributed by atoms with Crippen molar-refractivity contribution in [2.45, 2.75) is 53.4 Å². The van der Waals surface area contributed by atoms with E-state index in [4.69, 9.17) is 4.98 Å². The lowest BCUT2D eigenvalue weighted by atomic mass is 9.98. The molecule has 0 saturated carbocycles. The van der Waals surface area contributed by atoms with Gasteiger partial charge in [-0.15, -0.1) is 11.3 Å². The van der Waals surface area contributed by atoms with E-state index in [0.717, 1.165) is 35.2 Å². The lowest BCUT2D eigenvalue weighted by Gasteiger charge is -2.14. The van der Waals surface area contributed by atoms with Gasteiger partial charge in [-0.05, 0) is 20.3 Å². The van der Waals surface area contributed by atoms with Gasteiger partial charge in [0.25, 0.3) is 0 Å². The number of thiazole rings is 1. The van der Waals surface area contributed by atoms with Gasteiger partial charge >= 0.3 is 0 Å². The van der Waals surface area contributed by atoms with Gasteiger partial charge < -0.3 is 5.32 Å². The number of hydrogen-bond donors (Lipinski definition) is 1. The molecule has 0 spiro atoms. The molecule has 2 aromatic rings. The van der Waals surface area contributed by atoms with E-state index in [-0.39, 0.29) is 5.41 Å². The van der Waals surface area contributed by atoms with Gasteiger partial charge in [-0.3, -0.25) is 0 Å². The van der Waals surface area contributed by atoms with Crippen molar-refractivity contribution in [2.24, 2.45) is 0 Å². The average Bonchev–Trinajstić information content (AvgIpc) is 2.88. The predicted octanol–water partition coefficient (Wildman–Crippen LogP) is 4.20. The maximum atomic E-state index is 4.72. The van der Waals surface area contributed by atoms with Gasteiger partial charge in [0.05, 0.1) is 5.01 Å². The summed E-state index contributed by atoms with van der Waals surface area (Å²) in [6, 6.07) is 0. The van der Waals surface area contributed by atoms with Gasteiger partial charge in [-0.25, -0.2) is 15.0 Å². The smallest absolute Gasteiger partial charge is 0.181 e. The van der Waals surface area contributed by atoms with Crippen LogP contribution in [-0.2, 0) is 11.8 Å². The Morgan fingerprint density at radius 3 is 2.38 bits per heavy atom. The largest absolute Gasteiger partial charge is 0.370 e. The van der Waals surface area contributed by atoms with E-state index in [0.29, 0.717) is 5.82 Å². The van der Waals surface area contributed by atoms with Crippen molar-refractivity contribution in [3.05, 3.63) is 21.6 Å². The zero-order valence-corrected chi connectivity index (χ0v) is 14.6. The third-order valence-corrected chi connectivity index (χ3v) is 4.55. The Morgan fingerprint density at radius 2 is 1.86 bits per heavy atom. The van der Waals surface area contributed by atoms with Crippen LogP contribution in [0.5, 0.6) is 0 Å². The molecule has 0 radical (unpaired) electrons. The number of anilines is 1. The molecule has 0 fully saturated rings. The minimum atomic E-state index is 0.0613. The van der Waals surface area contributed by atoms with Crippen molar-refractivity contribution in [3.8, 4) is 11.5 Å². The lowest BCUT2D eigenvalue weighted by Crippen LogP contribution is -2.11. The minimum Gasteiger partial charge on any atom is -0.370 e. The second-order valence-electron chi connectivity index (χ2n) is 6.13. The van der Waals surface area contributed by atoms with Crippen LogP contribution in [-0.4, -0.2) is 21.5 Å². The number of aryl methyl sites for hydroxylation is 1. The fourth-order valence-electron chi connectivity index (χ4n) is 2.17. The van der Waals surface area contributed by atoms with Crippen LogP contribution in [0, 0.1) is 6.92 Å². The maximum absolute atomic E-state index is 4.72. The zero-order valence-electron chi connectivity index (χ0n) is 13.7. The first-order valence-electron chi connectivity index (χ1n) is 7.44. The van der Waals surface area contributed by atoms with Gasteiger partial charge in [0.1, 0.15) is 11.5 Å². The summed E-state index contributed by atoms with van der Waals surface area (Å²) in [4.78, 5) is 14.0. The molecule has 0 atom stereocenters. The fraction of sp³-hybridized carbons (Fsp3) is 0.562. The van der Waals surface area contributed by atoms with E-state index in [1.54, 1.807) is 11.3 Å². The standard InChI is InChI=1S/C16H24N4S/c1-7-11-10(3)18-14(20-13(11)17-8-2)12-9-21-15(19-12)16(4,5)6/h9H,7-8H2,1-6H3,(H,17,18,20). The second-order valence-corrected chi connectivity index (χ2v) is 6.99. The molecule has 0 unspecified atom stereocenters. The van der Waals surface area contributed by atoms with Crippen molar-refractivity contribution in [1.29, 1.82) is 0 Å². The van der Waals surface area contributed by atoms with Crippen LogP contribution in [0.1, 0.15) is 50.9 Å². The zero-order chi connectivity index (χ0) is 15.6. The van der Waals surface area contributed by atoms with Gasteiger partial charge in [0.2, 0.25) is 0 Å². The van der Waals surface area contributed by atoms with Gasteiger partial charge in [0, 0.05) is 28.6 Å². The minimum absolute atomic E-state index is 0.0613. The van der Waals surface area contributed by atoms with Gasteiger partial charge in [-0.1, -0.05) is 27.7 Å². The van der Waals surface area contributed by atoms with Crippen molar-refractivity contribution < 1.29 is 0 Å². The number of rotatable bonds is 4. The van der Waals surface area contributed by atoms with Crippen LogP contribution in [0.15, 0.2) is 5.38 Å². The van der Waals surface area contributed by atoms with Gasteiger partial charge in [0.15, 0.2) is 5.82 Å². The average molecular weight is 304 g/mol. The lowest BCUT2D eigenvalue weighted by molar-refractivity contribution is 0.586. The molecule has 2 aromatic heterocycles. The summed E-state index contributed by atoms with van der Waals surface area (Å²) in [6.07, 6.45) is 0.929. The Labute approximate surface area is 131 Å². The maximum Gasteiger partial charge on any atom is 0.181 e. The molecule has 0 saturated heterocycles. The Morgan fingerprint density at radius 1 is 1.14 bits per heavy atom. The molecule has 0 aliphatic carbocycles. The topological polar surface area (TPSA) is 50.7 Å². The Balaban J connectivity index is 2.47. The molecule has 5 heteroatoms. The van der Waals surface area contributed by atoms with Crippen LogP contribution >= 0.6 is 11.3 Å². The first-order valence-corrected chi connectivity index (χ1v) is 8.32. The van der Waals surface area contributed by atoms with E-state index < -0.39 is 0 Å². The Hall–Kier alpha value is -1.49. The number of aromatic nitrogens is 3. The van der Waals surface area contributed by atoms with E-state index in [1.807, 2.05) is 6.92 Å². The molecule has 1 N–H and O–H groups in total. The summed E-state index contributed by atoms with van der Waals surface area (Å²) in [5.74, 6) is 1.65. The van der Waals surface area contributed by atoms with Crippen LogP contribution in [0.25, 0.3) is 11.5 Å². The summed E-state index contributed by atoms with van der Waals surface area (Å²) in [6.45, 7) is 13.6. The molecular weight excluding hydrogens is 280 g/mol. The van der Waals surface area contributed by atoms with Crippen LogP contribution in [0.3, 0.4) is 0 Å². The fourth-order valence-corrected chi connectivity index (χ4v) is 3.05. The highest BCUT2D eigenvalue weighted by Gasteiger charge is 2.20. The quantitative estimate of drug-likeness (QED) is 0.919. The van der Waals surface area contributed by atoms with Crippen molar-refractivity contribution in [1.82, 2.24) is 15.0 Å². The third kappa shape index (κ3) is 3.40. The Kier molecular flexibility index (Phi) is 4.61. The SMILES string of the molecule is CCNc1nc(-c2csc(C(C)(C)C)n2)nc(C)c1CC. The summed E-state index contributed by atoms with van der Waals surface area (Å²) in [7, 11) is 0. The molecule has 0 bridgehead atoms. The molecule has 21 heavy (non-hydrogen) atoms. The van der Waals surface area contributed by atoms with Crippen molar-refractivity contribution in [2.75, 3.05) is 11.9 Å². The number of hydrogen-bond acceptors (Lipinski definition) is 5. The molecule has 0 aliphatic rings. The van der Waals surface area contributed by atoms with Crippen LogP contribution in [0.4, 0.5) is 5.82 Å². The first kappa shape index (κ1) is 15.9. The third-order valence-electron chi connectivity index (χ3n) is 3.29. The molecule has 114 valence electrons. The monoisotopic (exact) mass is 304 g/mol. The first-order chi connectivity index (χ1) is 9.86. The highest BCUT2D eigenvalue weighted by atomic mass is 32.1. The predicted molar refractivity (Wildman–Crippen MR) is 90.1 cm³/mol. The van der Waals surface area contributed by atoms with Crippen molar-refractivity contribution in [3.63, 3.8) is 0 Å². The summed E-state index contributed by atoms with van der Waals surface area (Å²) < 4.78 is 0. The molecular formula is C16H24N4S. The summed E-state index contributed by atoms with van der Waals surface area (Å²) in [5.41, 5.74) is 3.15. The van der Waals surface area contributed by atoms with Crippen LogP contribution in [0.2, 0.25) is 0 Å².